The SMILES string of the molecule is CCc1cccc2sc(C=C3Nc4ccccc4S3)[n+](CC)c12. The highest BCUT2D eigenvalue weighted by Gasteiger charge is 2.22. The number of thioether (sulfide) groups is 1. The van der Waals surface area contributed by atoms with E-state index in [9.17, 15) is 0 Å². The van der Waals surface area contributed by atoms with Crippen LogP contribution in [0.25, 0.3) is 16.3 Å². The molecule has 0 saturated carbocycles. The number of hydrogen-bond donors (Lipinski definition) is 1. The molecule has 116 valence electrons. The molecule has 0 spiro atoms. The summed E-state index contributed by atoms with van der Waals surface area (Å²) < 4.78 is 3.82. The molecule has 0 bridgehead atoms. The number of fused-ring (bicyclic) bond motifs is 2. The topological polar surface area (TPSA) is 15.9 Å². The van der Waals surface area contributed by atoms with Crippen LogP contribution in [0, 0.1) is 0 Å². The van der Waals surface area contributed by atoms with Gasteiger partial charge in [-0.25, -0.2) is 0 Å². The fourth-order valence-electron chi connectivity index (χ4n) is 3.05. The molecule has 2 heterocycles. The largest absolute Gasteiger partial charge is 0.349 e. The number of aryl methyl sites for hydroxylation is 2. The molecule has 4 heteroatoms. The maximum absolute atomic E-state index is 3.52. The summed E-state index contributed by atoms with van der Waals surface area (Å²) in [5.41, 5.74) is 4.04. The fraction of sp³-hybridized carbons (Fsp3) is 0.211. The predicted octanol–water partition coefficient (Wildman–Crippen LogP) is 5.29. The minimum Gasteiger partial charge on any atom is -0.349 e. The number of anilines is 1. The molecule has 0 atom stereocenters. The van der Waals surface area contributed by atoms with Gasteiger partial charge < -0.3 is 5.32 Å². The maximum atomic E-state index is 3.52. The van der Waals surface area contributed by atoms with Gasteiger partial charge >= 0.3 is 0 Å². The van der Waals surface area contributed by atoms with E-state index >= 15 is 0 Å². The Bertz CT molecular complexity index is 882. The second kappa shape index (κ2) is 6.02. The first-order chi connectivity index (χ1) is 11.3. The van der Waals surface area contributed by atoms with Crippen LogP contribution in [0.4, 0.5) is 5.69 Å². The van der Waals surface area contributed by atoms with E-state index in [1.54, 1.807) is 0 Å². The molecule has 0 saturated heterocycles. The molecule has 0 unspecified atom stereocenters. The minimum atomic E-state index is 0.994. The van der Waals surface area contributed by atoms with Gasteiger partial charge in [0.05, 0.1) is 16.8 Å². The Morgan fingerprint density at radius 3 is 2.74 bits per heavy atom. The molecule has 4 rings (SSSR count). The quantitative estimate of drug-likeness (QED) is 0.653. The molecule has 0 amide bonds. The van der Waals surface area contributed by atoms with Crippen molar-refractivity contribution in [2.75, 3.05) is 5.32 Å². The highest BCUT2D eigenvalue weighted by atomic mass is 32.2. The number of benzene rings is 2. The summed E-state index contributed by atoms with van der Waals surface area (Å²) in [7, 11) is 0. The summed E-state index contributed by atoms with van der Waals surface area (Å²) in [6.45, 7) is 5.45. The van der Waals surface area contributed by atoms with Crippen LogP contribution in [-0.4, -0.2) is 0 Å². The van der Waals surface area contributed by atoms with Crippen LogP contribution >= 0.6 is 23.1 Å². The van der Waals surface area contributed by atoms with Gasteiger partial charge in [0, 0.05) is 10.5 Å². The Kier molecular flexibility index (Phi) is 3.87. The van der Waals surface area contributed by atoms with Crippen LogP contribution in [0.3, 0.4) is 0 Å². The second-order valence-electron chi connectivity index (χ2n) is 5.53. The number of rotatable bonds is 3. The van der Waals surface area contributed by atoms with E-state index in [2.05, 4.69) is 72.3 Å². The van der Waals surface area contributed by atoms with Gasteiger partial charge in [0.25, 0.3) is 5.01 Å². The smallest absolute Gasteiger partial charge is 0.265 e. The highest BCUT2D eigenvalue weighted by molar-refractivity contribution is 8.03. The third-order valence-electron chi connectivity index (χ3n) is 4.15. The van der Waals surface area contributed by atoms with E-state index < -0.39 is 0 Å². The van der Waals surface area contributed by atoms with Gasteiger partial charge in [-0.1, -0.05) is 54.3 Å². The molecule has 23 heavy (non-hydrogen) atoms. The van der Waals surface area contributed by atoms with Crippen LogP contribution in [0.2, 0.25) is 0 Å². The average Bonchev–Trinajstić information content (AvgIpc) is 3.14. The van der Waals surface area contributed by atoms with E-state index in [1.807, 2.05) is 23.1 Å². The summed E-state index contributed by atoms with van der Waals surface area (Å²) in [5, 5.41) is 6.04. The number of thiazole rings is 1. The number of nitrogens with one attached hydrogen (secondary N) is 1. The summed E-state index contributed by atoms with van der Waals surface area (Å²) in [6.07, 6.45) is 3.36. The van der Waals surface area contributed by atoms with Crippen molar-refractivity contribution in [3.05, 3.63) is 58.1 Å². The summed E-state index contributed by atoms with van der Waals surface area (Å²) in [6, 6.07) is 15.1. The second-order valence-corrected chi connectivity index (χ2v) is 7.68. The van der Waals surface area contributed by atoms with E-state index in [4.69, 9.17) is 0 Å². The first kappa shape index (κ1) is 14.8. The summed E-state index contributed by atoms with van der Waals surface area (Å²) in [5.74, 6) is 0. The normalized spacial score (nSPS) is 15.1. The van der Waals surface area contributed by atoms with Crippen molar-refractivity contribution in [2.45, 2.75) is 31.7 Å². The minimum absolute atomic E-state index is 0.994. The molecule has 1 aliphatic heterocycles. The first-order valence-corrected chi connectivity index (χ1v) is 9.63. The van der Waals surface area contributed by atoms with Crippen molar-refractivity contribution >= 4 is 45.1 Å². The van der Waals surface area contributed by atoms with Gasteiger partial charge in [0.2, 0.25) is 5.52 Å². The Balaban J connectivity index is 1.80. The van der Waals surface area contributed by atoms with E-state index in [1.165, 1.54) is 36.4 Å². The molecule has 2 nitrogen and oxygen atoms in total. The van der Waals surface area contributed by atoms with Gasteiger partial charge in [0.15, 0.2) is 0 Å². The van der Waals surface area contributed by atoms with Gasteiger partial charge in [-0.05, 0) is 31.5 Å². The molecule has 1 aliphatic rings. The van der Waals surface area contributed by atoms with Crippen molar-refractivity contribution in [2.24, 2.45) is 0 Å². The third-order valence-corrected chi connectivity index (χ3v) is 6.26. The highest BCUT2D eigenvalue weighted by Crippen LogP contribution is 2.41. The lowest BCUT2D eigenvalue weighted by Gasteiger charge is -1.99. The Hall–Kier alpha value is -1.78. The van der Waals surface area contributed by atoms with Crippen molar-refractivity contribution in [3.8, 4) is 0 Å². The molecule has 0 aliphatic carbocycles. The monoisotopic (exact) mass is 339 g/mol. The van der Waals surface area contributed by atoms with E-state index in [-0.39, 0.29) is 0 Å². The van der Waals surface area contributed by atoms with Crippen molar-refractivity contribution in [3.63, 3.8) is 0 Å². The van der Waals surface area contributed by atoms with Crippen molar-refractivity contribution in [1.82, 2.24) is 0 Å². The fourth-order valence-corrected chi connectivity index (χ4v) is 5.29. The Morgan fingerprint density at radius 2 is 1.96 bits per heavy atom. The zero-order valence-corrected chi connectivity index (χ0v) is 14.9. The number of aromatic nitrogens is 1. The zero-order valence-electron chi connectivity index (χ0n) is 13.3. The summed E-state index contributed by atoms with van der Waals surface area (Å²) in [4.78, 5) is 1.30. The summed E-state index contributed by atoms with van der Waals surface area (Å²) >= 11 is 3.69. The lowest BCUT2D eigenvalue weighted by Crippen LogP contribution is -2.34. The van der Waals surface area contributed by atoms with Crippen LogP contribution in [-0.2, 0) is 13.0 Å². The molecule has 1 aromatic heterocycles. The zero-order chi connectivity index (χ0) is 15.8. The van der Waals surface area contributed by atoms with Crippen LogP contribution in [0.15, 0.2) is 52.4 Å². The molecular formula is C19H19N2S2+. The van der Waals surface area contributed by atoms with Gasteiger partial charge in [-0.2, -0.15) is 4.57 Å². The molecule has 3 aromatic rings. The van der Waals surface area contributed by atoms with Crippen molar-refractivity contribution < 1.29 is 4.57 Å². The molecule has 2 aromatic carbocycles. The van der Waals surface area contributed by atoms with Crippen LogP contribution < -0.4 is 9.88 Å². The lowest BCUT2D eigenvalue weighted by molar-refractivity contribution is -0.665. The van der Waals surface area contributed by atoms with Gasteiger partial charge in [-0.15, -0.1) is 0 Å². The van der Waals surface area contributed by atoms with E-state index in [0.29, 0.717) is 0 Å². The standard InChI is InChI=1S/C19H18N2S2/c1-3-13-8-7-11-16-19(13)21(4-2)18(23-16)12-17-20-14-9-5-6-10-15(14)22-17/h5-12H,3-4H2,1-2H3/p+1. The van der Waals surface area contributed by atoms with Crippen LogP contribution in [0.5, 0.6) is 0 Å². The first-order valence-electron chi connectivity index (χ1n) is 8.00. The van der Waals surface area contributed by atoms with Gasteiger partial charge in [0.1, 0.15) is 11.2 Å². The lowest BCUT2D eigenvalue weighted by atomic mass is 10.1. The molecular weight excluding hydrogens is 320 g/mol. The Labute approximate surface area is 144 Å². The van der Waals surface area contributed by atoms with Crippen molar-refractivity contribution in [1.29, 1.82) is 0 Å². The number of hydrogen-bond acceptors (Lipinski definition) is 3. The molecule has 0 radical (unpaired) electrons. The van der Waals surface area contributed by atoms with Gasteiger partial charge in [-0.3, -0.25) is 0 Å². The third kappa shape index (κ3) is 2.56. The maximum Gasteiger partial charge on any atom is 0.265 e. The number of nitrogens with zero attached hydrogens (tertiary/aromatic N) is 1. The average molecular weight is 340 g/mol. The molecule has 0 fully saturated rings. The number of para-hydroxylation sites is 2. The predicted molar refractivity (Wildman–Crippen MR) is 101 cm³/mol. The van der Waals surface area contributed by atoms with E-state index in [0.717, 1.165) is 13.0 Å². The molecule has 1 N–H and O–H groups in total. The van der Waals surface area contributed by atoms with Crippen LogP contribution in [0.1, 0.15) is 24.4 Å². The Morgan fingerprint density at radius 1 is 1.09 bits per heavy atom.